The fraction of sp³-hybridized carbons (Fsp3) is 0.346. The summed E-state index contributed by atoms with van der Waals surface area (Å²) in [6.45, 7) is 3.97. The summed E-state index contributed by atoms with van der Waals surface area (Å²) in [6, 6.07) is 16.2. The molecule has 0 aliphatic heterocycles. The quantitative estimate of drug-likeness (QED) is 0.473. The van der Waals surface area contributed by atoms with E-state index in [0.717, 1.165) is 22.3 Å². The van der Waals surface area contributed by atoms with Gasteiger partial charge in [-0.15, -0.1) is 0 Å². The van der Waals surface area contributed by atoms with E-state index < -0.39 is 23.4 Å². The van der Waals surface area contributed by atoms with Crippen LogP contribution < -0.4 is 10.6 Å². The van der Waals surface area contributed by atoms with E-state index in [0.29, 0.717) is 12.8 Å². The van der Waals surface area contributed by atoms with Crippen molar-refractivity contribution in [2.75, 3.05) is 19.7 Å². The zero-order valence-corrected chi connectivity index (χ0v) is 19.0. The first-order valence-corrected chi connectivity index (χ1v) is 11.2. The molecule has 0 heterocycles. The number of aliphatic carboxylic acids is 1. The largest absolute Gasteiger partial charge is 0.481 e. The van der Waals surface area contributed by atoms with Crippen molar-refractivity contribution in [2.45, 2.75) is 32.6 Å². The van der Waals surface area contributed by atoms with Crippen LogP contribution in [-0.4, -0.2) is 42.8 Å². The van der Waals surface area contributed by atoms with Crippen molar-refractivity contribution < 1.29 is 24.2 Å². The lowest BCUT2D eigenvalue weighted by Crippen LogP contribution is -2.42. The van der Waals surface area contributed by atoms with Crippen molar-refractivity contribution in [2.24, 2.45) is 5.41 Å². The number of nitrogens with one attached hydrogen (secondary N) is 2. The van der Waals surface area contributed by atoms with Crippen molar-refractivity contribution >= 4 is 18.0 Å². The van der Waals surface area contributed by atoms with Crippen molar-refractivity contribution in [3.8, 4) is 11.1 Å². The van der Waals surface area contributed by atoms with Crippen LogP contribution in [0.15, 0.2) is 60.7 Å². The molecule has 0 saturated carbocycles. The Kier molecular flexibility index (Phi) is 7.87. The molecule has 7 nitrogen and oxygen atoms in total. The zero-order chi connectivity index (χ0) is 23.8. The van der Waals surface area contributed by atoms with Gasteiger partial charge in [0.1, 0.15) is 6.61 Å². The monoisotopic (exact) mass is 450 g/mol. The second-order valence-electron chi connectivity index (χ2n) is 8.12. The van der Waals surface area contributed by atoms with Crippen molar-refractivity contribution in [3.63, 3.8) is 0 Å². The molecule has 0 radical (unpaired) electrons. The Bertz CT molecular complexity index is 997. The molecule has 0 aromatic heterocycles. The number of rotatable bonds is 10. The topological polar surface area (TPSA) is 105 Å². The Morgan fingerprint density at radius 3 is 2.09 bits per heavy atom. The number of ether oxygens (including phenoxy) is 1. The van der Waals surface area contributed by atoms with Gasteiger partial charge in [0, 0.05) is 25.1 Å². The molecule has 3 N–H and O–H groups in total. The lowest BCUT2D eigenvalue weighted by molar-refractivity contribution is -0.149. The average Bonchev–Trinajstić information content (AvgIpc) is 3.15. The van der Waals surface area contributed by atoms with E-state index in [1.807, 2.05) is 24.3 Å². The maximum absolute atomic E-state index is 12.1. The minimum Gasteiger partial charge on any atom is -0.481 e. The molecule has 0 atom stereocenters. The van der Waals surface area contributed by atoms with Gasteiger partial charge in [-0.3, -0.25) is 9.59 Å². The van der Waals surface area contributed by atoms with E-state index in [2.05, 4.69) is 34.9 Å². The second kappa shape index (κ2) is 10.8. The SMILES string of the molecule is CCC(CC)(CNC(=O)/C=C/CNC(=O)OCC1c2ccccc2-c2ccccc21)C(=O)O. The highest BCUT2D eigenvalue weighted by atomic mass is 16.5. The third kappa shape index (κ3) is 5.42. The molecule has 7 heteroatoms. The Hall–Kier alpha value is -3.61. The van der Waals surface area contributed by atoms with Gasteiger partial charge in [-0.2, -0.15) is 0 Å². The molecule has 33 heavy (non-hydrogen) atoms. The number of alkyl carbamates (subject to hydrolysis) is 1. The minimum atomic E-state index is -0.969. The van der Waals surface area contributed by atoms with Crippen LogP contribution in [0.3, 0.4) is 0 Å². The number of carboxylic acids is 1. The number of fused-ring (bicyclic) bond motifs is 3. The van der Waals surface area contributed by atoms with Gasteiger partial charge in [-0.25, -0.2) is 4.79 Å². The molecule has 1 aliphatic carbocycles. The third-order valence-electron chi connectivity index (χ3n) is 6.39. The lowest BCUT2D eigenvalue weighted by Gasteiger charge is -2.26. The lowest BCUT2D eigenvalue weighted by atomic mass is 9.82. The number of hydrogen-bond acceptors (Lipinski definition) is 4. The van der Waals surface area contributed by atoms with Gasteiger partial charge in [-0.1, -0.05) is 68.5 Å². The van der Waals surface area contributed by atoms with Crippen LogP contribution in [0.4, 0.5) is 4.79 Å². The maximum atomic E-state index is 12.1. The molecule has 2 amide bonds. The van der Waals surface area contributed by atoms with E-state index in [4.69, 9.17) is 4.74 Å². The summed E-state index contributed by atoms with van der Waals surface area (Å²) in [7, 11) is 0. The fourth-order valence-electron chi connectivity index (χ4n) is 4.15. The normalized spacial score (nSPS) is 12.8. The molecule has 0 saturated heterocycles. The van der Waals surface area contributed by atoms with Gasteiger partial charge in [0.05, 0.1) is 5.41 Å². The van der Waals surface area contributed by atoms with Crippen molar-refractivity contribution in [3.05, 3.63) is 71.8 Å². The number of carboxylic acid groups (broad SMARTS) is 1. The number of amides is 2. The summed E-state index contributed by atoms with van der Waals surface area (Å²) in [6.07, 6.45) is 3.06. The summed E-state index contributed by atoms with van der Waals surface area (Å²) in [4.78, 5) is 35.6. The number of carbonyl (C=O) groups is 3. The Labute approximate surface area is 193 Å². The summed E-state index contributed by atoms with van der Waals surface area (Å²) in [5.74, 6) is -1.35. The highest BCUT2D eigenvalue weighted by Gasteiger charge is 2.35. The maximum Gasteiger partial charge on any atom is 0.407 e. The van der Waals surface area contributed by atoms with Gasteiger partial charge in [-0.05, 0) is 35.1 Å². The molecule has 3 rings (SSSR count). The first-order valence-electron chi connectivity index (χ1n) is 11.2. The zero-order valence-electron chi connectivity index (χ0n) is 19.0. The third-order valence-corrected chi connectivity index (χ3v) is 6.39. The highest BCUT2D eigenvalue weighted by Crippen LogP contribution is 2.44. The highest BCUT2D eigenvalue weighted by molar-refractivity contribution is 5.88. The summed E-state index contributed by atoms with van der Waals surface area (Å²) in [5, 5.41) is 14.6. The predicted octanol–water partition coefficient (Wildman–Crippen LogP) is 4.09. The second-order valence-corrected chi connectivity index (χ2v) is 8.12. The summed E-state index contributed by atoms with van der Waals surface area (Å²) >= 11 is 0. The van der Waals surface area contributed by atoms with E-state index >= 15 is 0 Å². The molecule has 2 aromatic carbocycles. The van der Waals surface area contributed by atoms with Gasteiger partial charge in [0.15, 0.2) is 0 Å². The molecular formula is C26H30N2O5. The molecule has 0 fully saturated rings. The molecule has 0 unspecified atom stereocenters. The van der Waals surface area contributed by atoms with Crippen LogP contribution in [0.2, 0.25) is 0 Å². The van der Waals surface area contributed by atoms with Crippen molar-refractivity contribution in [1.29, 1.82) is 0 Å². The molecule has 2 aromatic rings. The fourth-order valence-corrected chi connectivity index (χ4v) is 4.15. The van der Waals surface area contributed by atoms with Crippen LogP contribution in [0.25, 0.3) is 11.1 Å². The van der Waals surface area contributed by atoms with Crippen LogP contribution in [0.5, 0.6) is 0 Å². The van der Waals surface area contributed by atoms with Gasteiger partial charge >= 0.3 is 12.1 Å². The van der Waals surface area contributed by atoms with Gasteiger partial charge in [0.25, 0.3) is 0 Å². The predicted molar refractivity (Wildman–Crippen MR) is 126 cm³/mol. The number of hydrogen-bond donors (Lipinski definition) is 3. The summed E-state index contributed by atoms with van der Waals surface area (Å²) in [5.41, 5.74) is 3.63. The van der Waals surface area contributed by atoms with Crippen LogP contribution >= 0.6 is 0 Å². The molecule has 174 valence electrons. The van der Waals surface area contributed by atoms with Crippen LogP contribution in [-0.2, 0) is 14.3 Å². The first-order chi connectivity index (χ1) is 15.9. The van der Waals surface area contributed by atoms with E-state index in [-0.39, 0.29) is 25.6 Å². The molecule has 0 bridgehead atoms. The van der Waals surface area contributed by atoms with Crippen LogP contribution in [0, 0.1) is 5.41 Å². The standard InChI is InChI=1S/C26H30N2O5/c1-3-26(4-2,24(30)31)17-28-23(29)14-9-15-27-25(32)33-16-22-20-12-7-5-10-18(20)19-11-6-8-13-21(19)22/h5-14,22H,3-4,15-17H2,1-2H3,(H,27,32)(H,28,29)(H,30,31)/b14-9+. The van der Waals surface area contributed by atoms with Crippen molar-refractivity contribution in [1.82, 2.24) is 10.6 Å². The Balaban J connectivity index is 1.45. The number of carbonyl (C=O) groups excluding carboxylic acids is 2. The number of benzene rings is 2. The van der Waals surface area contributed by atoms with Crippen LogP contribution in [0.1, 0.15) is 43.7 Å². The molecule has 1 aliphatic rings. The Morgan fingerprint density at radius 1 is 0.970 bits per heavy atom. The summed E-state index contributed by atoms with van der Waals surface area (Å²) < 4.78 is 5.44. The van der Waals surface area contributed by atoms with Gasteiger partial charge < -0.3 is 20.5 Å². The average molecular weight is 451 g/mol. The Morgan fingerprint density at radius 2 is 1.55 bits per heavy atom. The van der Waals surface area contributed by atoms with E-state index in [9.17, 15) is 19.5 Å². The first kappa shape index (κ1) is 24.0. The molecular weight excluding hydrogens is 420 g/mol. The van der Waals surface area contributed by atoms with Gasteiger partial charge in [0.2, 0.25) is 5.91 Å². The van der Waals surface area contributed by atoms with E-state index in [1.54, 1.807) is 13.8 Å². The minimum absolute atomic E-state index is 0.0175. The smallest absolute Gasteiger partial charge is 0.407 e. The molecule has 0 spiro atoms. The van der Waals surface area contributed by atoms with E-state index in [1.165, 1.54) is 12.2 Å².